The summed E-state index contributed by atoms with van der Waals surface area (Å²) in [5.74, 6) is -1.38. The molecule has 6 nitrogen and oxygen atoms in total. The number of benzene rings is 3. The molecular weight excluding hydrogens is 466 g/mol. The third kappa shape index (κ3) is 5.54. The lowest BCUT2D eigenvalue weighted by molar-refractivity contribution is -0.136. The van der Waals surface area contributed by atoms with Gasteiger partial charge in [-0.2, -0.15) is 0 Å². The molecule has 4 rings (SSSR count). The number of carboxylic acids is 1. The topological polar surface area (TPSA) is 80.6 Å². The first kappa shape index (κ1) is 24.9. The second-order valence-electron chi connectivity index (χ2n) is 8.79. The lowest BCUT2D eigenvalue weighted by atomic mass is 10.0. The zero-order valence-corrected chi connectivity index (χ0v) is 20.1. The second-order valence-corrected chi connectivity index (χ2v) is 8.79. The quantitative estimate of drug-likeness (QED) is 0.313. The fraction of sp³-hybridized carbons (Fsp3) is 0.214. The zero-order chi connectivity index (χ0) is 26.0. The number of rotatable bonds is 8. The Morgan fingerprint density at radius 3 is 2.50 bits per heavy atom. The molecule has 36 heavy (non-hydrogen) atoms. The summed E-state index contributed by atoms with van der Waals surface area (Å²) in [5.41, 5.74) is 3.37. The number of aliphatic carboxylic acids is 1. The summed E-state index contributed by atoms with van der Waals surface area (Å²) in [4.78, 5) is 23.8. The number of fused-ring (bicyclic) bond motifs is 1. The Morgan fingerprint density at radius 2 is 1.78 bits per heavy atom. The molecule has 4 aromatic rings. The van der Waals surface area contributed by atoms with Crippen molar-refractivity contribution in [3.63, 3.8) is 0 Å². The average molecular weight is 493 g/mol. The van der Waals surface area contributed by atoms with Gasteiger partial charge in [0, 0.05) is 30.4 Å². The predicted octanol–water partition coefficient (Wildman–Crippen LogP) is 6.07. The SMILES string of the molecule is Cc1cc(Oc2cc(F)cc([C@@H](C)NC(=O)c3cc4cc(F)ccc4n3C)c2)ccc1CCC(=O)O. The number of carbonyl (C=O) groups is 2. The highest BCUT2D eigenvalue weighted by atomic mass is 19.1. The van der Waals surface area contributed by atoms with Gasteiger partial charge in [-0.05, 0) is 85.5 Å². The Morgan fingerprint density at radius 1 is 1.00 bits per heavy atom. The number of nitrogens with zero attached hydrogens (tertiary/aromatic N) is 1. The molecule has 0 radical (unpaired) electrons. The van der Waals surface area contributed by atoms with Crippen molar-refractivity contribution < 1.29 is 28.2 Å². The maximum Gasteiger partial charge on any atom is 0.303 e. The summed E-state index contributed by atoms with van der Waals surface area (Å²) >= 11 is 0. The van der Waals surface area contributed by atoms with Crippen LogP contribution in [0.2, 0.25) is 0 Å². The summed E-state index contributed by atoms with van der Waals surface area (Å²) in [5, 5.41) is 12.4. The minimum absolute atomic E-state index is 0.0353. The van der Waals surface area contributed by atoms with Gasteiger partial charge in [-0.25, -0.2) is 8.78 Å². The Kier molecular flexibility index (Phi) is 7.05. The maximum atomic E-state index is 14.4. The van der Waals surface area contributed by atoms with Crippen LogP contribution in [-0.2, 0) is 18.3 Å². The molecule has 0 bridgehead atoms. The van der Waals surface area contributed by atoms with Gasteiger partial charge >= 0.3 is 5.97 Å². The minimum Gasteiger partial charge on any atom is -0.481 e. The maximum absolute atomic E-state index is 14.4. The van der Waals surface area contributed by atoms with Crippen LogP contribution in [0.3, 0.4) is 0 Å². The fourth-order valence-electron chi connectivity index (χ4n) is 4.18. The molecule has 8 heteroatoms. The number of hydrogen-bond acceptors (Lipinski definition) is 3. The van der Waals surface area contributed by atoms with Crippen LogP contribution in [-0.4, -0.2) is 21.6 Å². The van der Waals surface area contributed by atoms with E-state index in [4.69, 9.17) is 9.84 Å². The van der Waals surface area contributed by atoms with Gasteiger partial charge < -0.3 is 19.7 Å². The Balaban J connectivity index is 1.50. The molecule has 1 heterocycles. The highest BCUT2D eigenvalue weighted by Gasteiger charge is 2.18. The van der Waals surface area contributed by atoms with E-state index in [0.29, 0.717) is 28.8 Å². The molecule has 1 atom stereocenters. The van der Waals surface area contributed by atoms with Gasteiger partial charge in [0.25, 0.3) is 5.91 Å². The van der Waals surface area contributed by atoms with Gasteiger partial charge in [0.1, 0.15) is 28.8 Å². The summed E-state index contributed by atoms with van der Waals surface area (Å²) in [6.45, 7) is 3.60. The third-order valence-corrected chi connectivity index (χ3v) is 6.14. The van der Waals surface area contributed by atoms with E-state index in [2.05, 4.69) is 5.32 Å². The molecular formula is C28H26F2N2O4. The summed E-state index contributed by atoms with van der Waals surface area (Å²) < 4.78 is 35.5. The first-order valence-electron chi connectivity index (χ1n) is 11.5. The van der Waals surface area contributed by atoms with Crippen molar-refractivity contribution in [2.75, 3.05) is 0 Å². The molecule has 0 fully saturated rings. The molecule has 0 aliphatic rings. The standard InChI is InChI=1S/C28H26F2N2O4/c1-16-10-23(7-4-18(16)5-9-27(33)34)36-24-13-19(11-22(30)15-24)17(2)31-28(35)26-14-20-12-21(29)6-8-25(20)32(26)3/h4,6-8,10-15,17H,5,9H2,1-3H3,(H,31,35)(H,33,34)/t17-/m1/s1. The highest BCUT2D eigenvalue weighted by molar-refractivity contribution is 5.98. The van der Waals surface area contributed by atoms with Gasteiger partial charge in [0.2, 0.25) is 0 Å². The predicted molar refractivity (Wildman–Crippen MR) is 132 cm³/mol. The molecule has 2 N–H and O–H groups in total. The largest absolute Gasteiger partial charge is 0.481 e. The number of amides is 1. The third-order valence-electron chi connectivity index (χ3n) is 6.14. The molecule has 1 aromatic heterocycles. The molecule has 0 aliphatic carbocycles. The van der Waals surface area contributed by atoms with Gasteiger partial charge in [0.15, 0.2) is 0 Å². The molecule has 0 aliphatic heterocycles. The van der Waals surface area contributed by atoms with Crippen LogP contribution >= 0.6 is 0 Å². The van der Waals surface area contributed by atoms with E-state index in [9.17, 15) is 18.4 Å². The Bertz CT molecular complexity index is 1460. The summed E-state index contributed by atoms with van der Waals surface area (Å²) in [7, 11) is 1.73. The normalized spacial score (nSPS) is 11.9. The van der Waals surface area contributed by atoms with Crippen molar-refractivity contribution in [3.8, 4) is 11.5 Å². The molecule has 3 aromatic carbocycles. The number of nitrogens with one attached hydrogen (secondary N) is 1. The van der Waals surface area contributed by atoms with Crippen LogP contribution in [0.1, 0.15) is 46.6 Å². The minimum atomic E-state index is -0.863. The monoisotopic (exact) mass is 492 g/mol. The molecule has 186 valence electrons. The van der Waals surface area contributed by atoms with E-state index in [0.717, 1.165) is 16.6 Å². The van der Waals surface area contributed by atoms with E-state index >= 15 is 0 Å². The Labute approximate surface area is 207 Å². The van der Waals surface area contributed by atoms with Crippen molar-refractivity contribution in [1.82, 2.24) is 9.88 Å². The molecule has 1 amide bonds. The lowest BCUT2D eigenvalue weighted by Gasteiger charge is -2.17. The first-order valence-corrected chi connectivity index (χ1v) is 11.5. The second kappa shape index (κ2) is 10.2. The van der Waals surface area contributed by atoms with Gasteiger partial charge in [0.05, 0.1) is 6.04 Å². The van der Waals surface area contributed by atoms with Gasteiger partial charge in [-0.3, -0.25) is 9.59 Å². The van der Waals surface area contributed by atoms with Crippen LogP contribution in [0.4, 0.5) is 8.78 Å². The van der Waals surface area contributed by atoms with Crippen molar-refractivity contribution in [2.45, 2.75) is 32.7 Å². The lowest BCUT2D eigenvalue weighted by Crippen LogP contribution is -2.28. The first-order chi connectivity index (χ1) is 17.1. The number of aromatic nitrogens is 1. The van der Waals surface area contributed by atoms with E-state index in [1.54, 1.807) is 54.9 Å². The van der Waals surface area contributed by atoms with Crippen molar-refractivity contribution in [3.05, 3.63) is 94.7 Å². The van der Waals surface area contributed by atoms with Crippen LogP contribution in [0.5, 0.6) is 11.5 Å². The zero-order valence-electron chi connectivity index (χ0n) is 20.1. The highest BCUT2D eigenvalue weighted by Crippen LogP contribution is 2.28. The Hall–Kier alpha value is -4.20. The molecule has 0 spiro atoms. The van der Waals surface area contributed by atoms with E-state index in [1.165, 1.54) is 24.3 Å². The molecule has 0 saturated carbocycles. The fourth-order valence-corrected chi connectivity index (χ4v) is 4.18. The number of ether oxygens (including phenoxy) is 1. The average Bonchev–Trinajstić information content (AvgIpc) is 3.13. The van der Waals surface area contributed by atoms with Crippen molar-refractivity contribution in [2.24, 2.45) is 7.05 Å². The van der Waals surface area contributed by atoms with Crippen LogP contribution in [0.15, 0.2) is 60.7 Å². The van der Waals surface area contributed by atoms with Crippen LogP contribution in [0.25, 0.3) is 10.9 Å². The number of hydrogen-bond donors (Lipinski definition) is 2. The van der Waals surface area contributed by atoms with E-state index < -0.39 is 17.8 Å². The van der Waals surface area contributed by atoms with Crippen molar-refractivity contribution in [1.29, 1.82) is 0 Å². The van der Waals surface area contributed by atoms with Gasteiger partial charge in [-0.15, -0.1) is 0 Å². The number of carboxylic acid groups (broad SMARTS) is 1. The smallest absolute Gasteiger partial charge is 0.303 e. The van der Waals surface area contributed by atoms with E-state index in [-0.39, 0.29) is 23.9 Å². The van der Waals surface area contributed by atoms with Crippen LogP contribution < -0.4 is 10.1 Å². The van der Waals surface area contributed by atoms with Crippen LogP contribution in [0, 0.1) is 18.6 Å². The molecule has 0 unspecified atom stereocenters. The van der Waals surface area contributed by atoms with Gasteiger partial charge in [-0.1, -0.05) is 6.07 Å². The number of halogens is 2. The summed E-state index contributed by atoms with van der Waals surface area (Å²) in [6, 6.07) is 14.9. The van der Waals surface area contributed by atoms with E-state index in [1.807, 2.05) is 6.92 Å². The number of carbonyl (C=O) groups excluding carboxylic acids is 1. The summed E-state index contributed by atoms with van der Waals surface area (Å²) in [6.07, 6.45) is 0.446. The van der Waals surface area contributed by atoms with Crippen molar-refractivity contribution >= 4 is 22.8 Å². The number of aryl methyl sites for hydroxylation is 3. The molecule has 0 saturated heterocycles.